The first kappa shape index (κ1) is 22.4. The van der Waals surface area contributed by atoms with E-state index in [1.54, 1.807) is 12.1 Å². The number of carbonyl (C=O) groups is 3. The Labute approximate surface area is 192 Å². The summed E-state index contributed by atoms with van der Waals surface area (Å²) >= 11 is 0. The Morgan fingerprint density at radius 1 is 1.09 bits per heavy atom. The molecule has 33 heavy (non-hydrogen) atoms. The molecule has 3 atom stereocenters. The number of fused-ring (bicyclic) bond motifs is 1. The normalized spacial score (nSPS) is 28.7. The number of nitrogens with zero attached hydrogens (tertiary/aromatic N) is 1. The molecule has 2 N–H and O–H groups in total. The predicted molar refractivity (Wildman–Crippen MR) is 116 cm³/mol. The zero-order valence-corrected chi connectivity index (χ0v) is 18.6. The van der Waals surface area contributed by atoms with Gasteiger partial charge in [0.2, 0.25) is 11.8 Å². The van der Waals surface area contributed by atoms with Crippen molar-refractivity contribution in [3.8, 4) is 0 Å². The van der Waals surface area contributed by atoms with Gasteiger partial charge < -0.3 is 19.7 Å². The molecule has 0 spiro atoms. The van der Waals surface area contributed by atoms with Gasteiger partial charge in [-0.3, -0.25) is 19.7 Å². The number of imide groups is 1. The highest BCUT2D eigenvalue weighted by atomic mass is 19.1. The fourth-order valence-corrected chi connectivity index (χ4v) is 5.43. The van der Waals surface area contributed by atoms with Crippen molar-refractivity contribution >= 4 is 17.7 Å². The van der Waals surface area contributed by atoms with Crippen molar-refractivity contribution in [1.29, 1.82) is 0 Å². The summed E-state index contributed by atoms with van der Waals surface area (Å²) in [5.74, 6) is -1.59. The molecule has 1 aromatic rings. The Morgan fingerprint density at radius 2 is 1.91 bits per heavy atom. The van der Waals surface area contributed by atoms with Gasteiger partial charge in [-0.25, -0.2) is 4.39 Å². The Morgan fingerprint density at radius 3 is 2.70 bits per heavy atom. The molecule has 4 heterocycles. The molecular formula is C24H30FN3O5. The number of amides is 3. The summed E-state index contributed by atoms with van der Waals surface area (Å²) in [6.07, 6.45) is 4.60. The second-order valence-corrected chi connectivity index (χ2v) is 9.38. The van der Waals surface area contributed by atoms with Gasteiger partial charge in [0.05, 0.1) is 12.6 Å². The molecule has 0 radical (unpaired) electrons. The summed E-state index contributed by atoms with van der Waals surface area (Å²) < 4.78 is 27.1. The molecule has 3 saturated heterocycles. The number of rotatable bonds is 5. The number of benzene rings is 1. The molecular weight excluding hydrogens is 429 g/mol. The summed E-state index contributed by atoms with van der Waals surface area (Å²) in [7, 11) is 0. The molecule has 0 bridgehead atoms. The molecule has 0 aliphatic carbocycles. The summed E-state index contributed by atoms with van der Waals surface area (Å²) in [5, 5.41) is 5.98. The lowest BCUT2D eigenvalue weighted by atomic mass is 9.93. The van der Waals surface area contributed by atoms with E-state index in [-0.39, 0.29) is 43.3 Å². The van der Waals surface area contributed by atoms with Crippen LogP contribution in [0.5, 0.6) is 0 Å². The minimum absolute atomic E-state index is 0.0371. The Bertz CT molecular complexity index is 948. The van der Waals surface area contributed by atoms with Crippen LogP contribution in [0, 0.1) is 5.82 Å². The Hall–Kier alpha value is -2.36. The van der Waals surface area contributed by atoms with Crippen molar-refractivity contribution in [2.75, 3.05) is 19.8 Å². The third kappa shape index (κ3) is 4.54. The van der Waals surface area contributed by atoms with E-state index in [2.05, 4.69) is 10.6 Å². The molecule has 3 amide bonds. The summed E-state index contributed by atoms with van der Waals surface area (Å²) in [6, 6.07) is 3.11. The van der Waals surface area contributed by atoms with E-state index in [4.69, 9.17) is 9.47 Å². The lowest BCUT2D eigenvalue weighted by molar-refractivity contribution is -0.136. The van der Waals surface area contributed by atoms with Crippen molar-refractivity contribution in [1.82, 2.24) is 15.5 Å². The third-order valence-electron chi connectivity index (χ3n) is 7.26. The van der Waals surface area contributed by atoms with Crippen LogP contribution in [0.15, 0.2) is 12.1 Å². The second kappa shape index (κ2) is 9.48. The lowest BCUT2D eigenvalue weighted by Gasteiger charge is -2.36. The van der Waals surface area contributed by atoms with Crippen LogP contribution in [-0.2, 0) is 32.0 Å². The first-order valence-corrected chi connectivity index (χ1v) is 11.9. The number of nitrogens with one attached hydrogen (secondary N) is 2. The van der Waals surface area contributed by atoms with E-state index in [1.807, 2.05) is 0 Å². The second-order valence-electron chi connectivity index (χ2n) is 9.38. The average Bonchev–Trinajstić information content (AvgIpc) is 3.14. The molecule has 0 aromatic heterocycles. The highest BCUT2D eigenvalue weighted by Crippen LogP contribution is 2.32. The van der Waals surface area contributed by atoms with Crippen LogP contribution >= 0.6 is 0 Å². The van der Waals surface area contributed by atoms with Crippen LogP contribution in [0.2, 0.25) is 0 Å². The summed E-state index contributed by atoms with van der Waals surface area (Å²) in [6.45, 7) is 2.21. The standard InChI is InChI=1S/C24H30FN3O5/c25-22-14(12-20-18(2-1-9-33-20)26-15-7-10-32-11-8-15)3-4-16-17(22)13-28(24(16)31)19-5-6-21(29)27-23(19)30/h3-4,15,18-20,26H,1-2,5-13H2,(H,27,29,30)/t18-,19?,20+/m0/s1. The molecule has 4 aliphatic heterocycles. The number of halogens is 1. The van der Waals surface area contributed by atoms with Crippen molar-refractivity contribution in [3.05, 3.63) is 34.6 Å². The fourth-order valence-electron chi connectivity index (χ4n) is 5.43. The van der Waals surface area contributed by atoms with Crippen LogP contribution in [0.1, 0.15) is 60.0 Å². The van der Waals surface area contributed by atoms with Crippen LogP contribution in [0.25, 0.3) is 0 Å². The molecule has 5 rings (SSSR count). The quantitative estimate of drug-likeness (QED) is 0.647. The fraction of sp³-hybridized carbons (Fsp3) is 0.625. The van der Waals surface area contributed by atoms with Gasteiger partial charge in [-0.15, -0.1) is 0 Å². The van der Waals surface area contributed by atoms with Gasteiger partial charge >= 0.3 is 0 Å². The van der Waals surface area contributed by atoms with Gasteiger partial charge in [-0.1, -0.05) is 6.07 Å². The van der Waals surface area contributed by atoms with E-state index in [1.165, 1.54) is 4.90 Å². The van der Waals surface area contributed by atoms with Crippen molar-refractivity contribution in [2.45, 2.75) is 75.7 Å². The predicted octanol–water partition coefficient (Wildman–Crippen LogP) is 1.45. The van der Waals surface area contributed by atoms with E-state index < -0.39 is 17.8 Å². The van der Waals surface area contributed by atoms with E-state index in [0.29, 0.717) is 35.8 Å². The number of ether oxygens (including phenoxy) is 2. The maximum absolute atomic E-state index is 15.6. The van der Waals surface area contributed by atoms with Crippen LogP contribution in [0.3, 0.4) is 0 Å². The van der Waals surface area contributed by atoms with Crippen molar-refractivity contribution in [2.24, 2.45) is 0 Å². The van der Waals surface area contributed by atoms with Crippen LogP contribution in [0.4, 0.5) is 4.39 Å². The first-order chi connectivity index (χ1) is 16.0. The van der Waals surface area contributed by atoms with Gasteiger partial charge in [0, 0.05) is 55.9 Å². The summed E-state index contributed by atoms with van der Waals surface area (Å²) in [4.78, 5) is 38.0. The van der Waals surface area contributed by atoms with Gasteiger partial charge in [-0.05, 0) is 43.7 Å². The van der Waals surface area contributed by atoms with Crippen molar-refractivity contribution in [3.63, 3.8) is 0 Å². The Balaban J connectivity index is 1.30. The van der Waals surface area contributed by atoms with E-state index >= 15 is 4.39 Å². The van der Waals surface area contributed by atoms with Crippen LogP contribution in [-0.4, -0.2) is 66.7 Å². The third-order valence-corrected chi connectivity index (χ3v) is 7.26. The molecule has 4 aliphatic rings. The van der Waals surface area contributed by atoms with Gasteiger partial charge in [0.25, 0.3) is 5.91 Å². The topological polar surface area (TPSA) is 97.0 Å². The van der Waals surface area contributed by atoms with E-state index in [9.17, 15) is 14.4 Å². The highest BCUT2D eigenvalue weighted by Gasteiger charge is 2.41. The first-order valence-electron chi connectivity index (χ1n) is 11.9. The molecule has 1 aromatic carbocycles. The maximum atomic E-state index is 15.6. The molecule has 3 fully saturated rings. The van der Waals surface area contributed by atoms with Crippen LogP contribution < -0.4 is 10.6 Å². The number of hydrogen-bond acceptors (Lipinski definition) is 6. The van der Waals surface area contributed by atoms with Gasteiger partial charge in [0.1, 0.15) is 11.9 Å². The number of piperidine rings is 1. The number of carbonyl (C=O) groups excluding carboxylic acids is 3. The lowest BCUT2D eigenvalue weighted by Crippen LogP contribution is -2.52. The average molecular weight is 460 g/mol. The molecule has 8 nitrogen and oxygen atoms in total. The maximum Gasteiger partial charge on any atom is 0.255 e. The zero-order chi connectivity index (χ0) is 22.9. The minimum Gasteiger partial charge on any atom is -0.381 e. The smallest absolute Gasteiger partial charge is 0.255 e. The van der Waals surface area contributed by atoms with Gasteiger partial charge in [-0.2, -0.15) is 0 Å². The monoisotopic (exact) mass is 459 g/mol. The summed E-state index contributed by atoms with van der Waals surface area (Å²) in [5.41, 5.74) is 1.15. The highest BCUT2D eigenvalue weighted by molar-refractivity contribution is 6.05. The number of hydrogen-bond donors (Lipinski definition) is 2. The SMILES string of the molecule is O=C1CCC(N2Cc3c(ccc(C[C@H]4OCCC[C@@H]4NC4CCOCC4)c3F)C2=O)C(=O)N1. The minimum atomic E-state index is -0.750. The van der Waals surface area contributed by atoms with E-state index in [0.717, 1.165) is 38.9 Å². The Kier molecular flexibility index (Phi) is 6.44. The molecule has 178 valence electrons. The zero-order valence-electron chi connectivity index (χ0n) is 18.6. The van der Waals surface area contributed by atoms with Gasteiger partial charge in [0.15, 0.2) is 0 Å². The largest absolute Gasteiger partial charge is 0.381 e. The molecule has 0 saturated carbocycles. The van der Waals surface area contributed by atoms with Crippen molar-refractivity contribution < 1.29 is 28.2 Å². The molecule has 9 heteroatoms. The molecule has 1 unspecified atom stereocenters.